The van der Waals surface area contributed by atoms with Crippen LogP contribution in [-0.2, 0) is 9.09 Å². The molecule has 1 unspecified atom stereocenters. The van der Waals surface area contributed by atoms with Gasteiger partial charge in [-0.15, -0.1) is 0 Å². The van der Waals surface area contributed by atoms with Crippen molar-refractivity contribution in [3.05, 3.63) is 30.5 Å². The van der Waals surface area contributed by atoms with Gasteiger partial charge in [0.2, 0.25) is 10.8 Å². The molecule has 7 atom stereocenters. The maximum Gasteiger partial charge on any atom is 0.530 e. The normalized spacial score (nSPS) is 41.0. The molecule has 1 aromatic carbocycles. The van der Waals surface area contributed by atoms with Crippen molar-refractivity contribution in [1.82, 2.24) is 4.98 Å². The van der Waals surface area contributed by atoms with Crippen LogP contribution in [0.1, 0.15) is 0 Å². The lowest BCUT2D eigenvalue weighted by atomic mass is 9.81. The summed E-state index contributed by atoms with van der Waals surface area (Å²) in [4.78, 5) is 12.8. The highest BCUT2D eigenvalue weighted by Crippen LogP contribution is 2.55. The zero-order chi connectivity index (χ0) is 21.1. The van der Waals surface area contributed by atoms with E-state index >= 15 is 0 Å². The number of phosphoric acid groups is 1. The fraction of sp³-hybridized carbons (Fsp3) is 0.429. The molecule has 0 saturated heterocycles. The molecule has 0 radical (unpaired) electrons. The number of nitrogens with one attached hydrogen (secondary N) is 1. The third-order valence-electron chi connectivity index (χ3n) is 4.39. The second-order valence-electron chi connectivity index (χ2n) is 6.24. The smallest absolute Gasteiger partial charge is 0.402 e. The van der Waals surface area contributed by atoms with Gasteiger partial charge in [-0.1, -0.05) is 23.7 Å². The summed E-state index contributed by atoms with van der Waals surface area (Å²) in [5.74, 6) is -3.64. The molecule has 1 heterocycles. The number of hydrogen-bond donors (Lipinski definition) is 8. The van der Waals surface area contributed by atoms with Gasteiger partial charge in [-0.25, -0.2) is 9.09 Å². The van der Waals surface area contributed by atoms with E-state index in [9.17, 15) is 40.1 Å². The number of alkyl halides is 2. The van der Waals surface area contributed by atoms with Gasteiger partial charge in [0.1, 0.15) is 12.2 Å². The summed E-state index contributed by atoms with van der Waals surface area (Å²) in [6.07, 6.45) is -6.65. The summed E-state index contributed by atoms with van der Waals surface area (Å²) in [5.41, 5.74) is 0.548. The van der Waals surface area contributed by atoms with Gasteiger partial charge in [0.05, 0.1) is 0 Å². The zero-order valence-corrected chi connectivity index (χ0v) is 16.9. The Morgan fingerprint density at radius 2 is 1.75 bits per heavy atom. The Balaban J connectivity index is 1.93. The molecule has 1 aliphatic carbocycles. The van der Waals surface area contributed by atoms with Gasteiger partial charge in [-0.3, -0.25) is 4.89 Å². The van der Waals surface area contributed by atoms with Crippen molar-refractivity contribution in [2.45, 2.75) is 33.7 Å². The molecule has 2 aromatic rings. The lowest BCUT2D eigenvalue weighted by molar-refractivity contribution is -0.350. The topological polar surface area (TPSA) is 193 Å². The number of benzene rings is 1. The largest absolute Gasteiger partial charge is 0.530 e. The van der Waals surface area contributed by atoms with Crippen LogP contribution in [0, 0.1) is 0 Å². The zero-order valence-electron chi connectivity index (χ0n) is 13.7. The summed E-state index contributed by atoms with van der Waals surface area (Å²) in [6.45, 7) is 0. The maximum atomic E-state index is 12.4. The lowest BCUT2D eigenvalue weighted by Crippen LogP contribution is -2.78. The summed E-state index contributed by atoms with van der Waals surface area (Å²) >= 11 is 7.96. The first kappa shape index (κ1) is 21.9. The first-order valence-corrected chi connectivity index (χ1v) is 10.3. The third-order valence-corrected chi connectivity index (χ3v) is 7.12. The van der Waals surface area contributed by atoms with Crippen molar-refractivity contribution in [2.24, 2.45) is 0 Å². The van der Waals surface area contributed by atoms with Crippen LogP contribution >= 0.6 is 35.4 Å². The highest BCUT2D eigenvalue weighted by atomic mass is 79.9. The Labute approximate surface area is 170 Å². The average Bonchev–Trinajstić information content (AvgIpc) is 3.00. The molecule has 3 rings (SSSR count). The molecular weight excluding hydrogens is 488 g/mol. The fourth-order valence-corrected chi connectivity index (χ4v) is 4.62. The van der Waals surface area contributed by atoms with Gasteiger partial charge < -0.3 is 40.1 Å². The number of aliphatic hydroxyl groups is 6. The highest BCUT2D eigenvalue weighted by Gasteiger charge is 2.73. The molecule has 28 heavy (non-hydrogen) atoms. The van der Waals surface area contributed by atoms with Crippen molar-refractivity contribution < 1.29 is 49.1 Å². The Bertz CT molecular complexity index is 938. The van der Waals surface area contributed by atoms with Gasteiger partial charge >= 0.3 is 7.82 Å². The average molecular weight is 505 g/mol. The molecule has 11 nitrogen and oxygen atoms in total. The molecular formula is C14H16BrClNO10P. The molecule has 14 heteroatoms. The van der Waals surface area contributed by atoms with E-state index in [0.29, 0.717) is 10.9 Å². The van der Waals surface area contributed by atoms with E-state index in [1.165, 1.54) is 6.20 Å². The van der Waals surface area contributed by atoms with E-state index in [4.69, 9.17) is 16.1 Å². The monoisotopic (exact) mass is 503 g/mol. The number of H-pyrrole nitrogens is 1. The van der Waals surface area contributed by atoms with Crippen LogP contribution in [0.3, 0.4) is 0 Å². The van der Waals surface area contributed by atoms with Crippen LogP contribution in [0.5, 0.6) is 5.75 Å². The molecule has 1 fully saturated rings. The number of aromatic nitrogens is 1. The second kappa shape index (κ2) is 6.89. The van der Waals surface area contributed by atoms with E-state index in [1.807, 2.05) is 0 Å². The Hall–Kier alpha value is -0.760. The predicted octanol–water partition coefficient (Wildman–Crippen LogP) is -0.541. The molecule has 0 amide bonds. The Morgan fingerprint density at radius 3 is 2.39 bits per heavy atom. The molecule has 1 saturated carbocycles. The quantitative estimate of drug-likeness (QED) is 0.152. The van der Waals surface area contributed by atoms with E-state index in [2.05, 4.69) is 25.4 Å². The van der Waals surface area contributed by atoms with Crippen molar-refractivity contribution in [2.75, 3.05) is 0 Å². The molecule has 0 spiro atoms. The third kappa shape index (κ3) is 3.28. The van der Waals surface area contributed by atoms with E-state index < -0.39 is 41.5 Å². The summed E-state index contributed by atoms with van der Waals surface area (Å²) in [5, 5.41) is 57.9. The molecule has 0 aliphatic heterocycles. The minimum absolute atomic E-state index is 0.159. The SMILES string of the molecule is O=P(O)(Oc1c[nH]c2ccccc12)O[C@]1(O)[C@@H](O)[C@@](O)(Br)[C@](O)(Cl)[C@H](O)[C@@H]1O. The Morgan fingerprint density at radius 1 is 1.14 bits per heavy atom. The van der Waals surface area contributed by atoms with Crippen LogP contribution < -0.4 is 4.52 Å². The molecule has 8 N–H and O–H groups in total. The van der Waals surface area contributed by atoms with E-state index in [0.717, 1.165) is 0 Å². The van der Waals surface area contributed by atoms with E-state index in [-0.39, 0.29) is 5.75 Å². The van der Waals surface area contributed by atoms with Crippen LogP contribution in [0.2, 0.25) is 0 Å². The molecule has 1 aromatic heterocycles. The van der Waals surface area contributed by atoms with Gasteiger partial charge in [0.25, 0.3) is 0 Å². The number of phosphoric ester groups is 1. The predicted molar refractivity (Wildman–Crippen MR) is 97.5 cm³/mol. The number of fused-ring (bicyclic) bond motifs is 1. The number of hydrogen-bond acceptors (Lipinski definition) is 9. The van der Waals surface area contributed by atoms with Crippen LogP contribution in [0.15, 0.2) is 30.5 Å². The number of aromatic amines is 1. The van der Waals surface area contributed by atoms with Crippen molar-refractivity contribution in [3.63, 3.8) is 0 Å². The van der Waals surface area contributed by atoms with Crippen molar-refractivity contribution in [3.8, 4) is 5.75 Å². The van der Waals surface area contributed by atoms with Crippen LogP contribution in [0.25, 0.3) is 10.9 Å². The van der Waals surface area contributed by atoms with Gasteiger partial charge in [-0.05, 0) is 28.1 Å². The minimum atomic E-state index is -5.28. The second-order valence-corrected chi connectivity index (χ2v) is 9.33. The maximum absolute atomic E-state index is 12.4. The molecule has 0 bridgehead atoms. The van der Waals surface area contributed by atoms with Crippen LogP contribution in [0.4, 0.5) is 0 Å². The number of para-hydroxylation sites is 1. The summed E-state index contributed by atoms with van der Waals surface area (Å²) < 4.78 is 18.7. The number of aliphatic hydroxyl groups excluding tert-OH is 3. The number of rotatable bonds is 4. The van der Waals surface area contributed by atoms with Gasteiger partial charge in [0.15, 0.2) is 16.4 Å². The van der Waals surface area contributed by atoms with Gasteiger partial charge in [0, 0.05) is 17.1 Å². The standard InChI is InChI=1S/C14H16BrClNO10P/c15-13(22)11(20)12(21,9(18)10(19)14(13,16)23)27-28(24,25)26-8-5-17-7-4-2-1-3-6(7)8/h1-5,9-11,17-23H,(H,24,25)/t9-,10+,11+,12-,13-,14-/m0/s1. The molecule has 156 valence electrons. The van der Waals surface area contributed by atoms with E-state index in [1.54, 1.807) is 24.3 Å². The van der Waals surface area contributed by atoms with Crippen molar-refractivity contribution in [1.29, 1.82) is 0 Å². The Kier molecular flexibility index (Phi) is 5.40. The van der Waals surface area contributed by atoms with Crippen molar-refractivity contribution >= 4 is 46.3 Å². The summed E-state index contributed by atoms with van der Waals surface area (Å²) in [6, 6.07) is 6.52. The molecule has 1 aliphatic rings. The van der Waals surface area contributed by atoms with Crippen LogP contribution in [-0.4, -0.2) is 74.2 Å². The lowest BCUT2D eigenvalue weighted by Gasteiger charge is -2.53. The first-order valence-electron chi connectivity index (χ1n) is 7.62. The summed E-state index contributed by atoms with van der Waals surface area (Å²) in [7, 11) is -5.28. The fourth-order valence-electron chi connectivity index (χ4n) is 2.82. The minimum Gasteiger partial charge on any atom is -0.402 e. The number of halogens is 2. The first-order chi connectivity index (χ1) is 12.7. The van der Waals surface area contributed by atoms with Gasteiger partial charge in [-0.2, -0.15) is 0 Å². The highest BCUT2D eigenvalue weighted by molar-refractivity contribution is 9.10.